The van der Waals surface area contributed by atoms with Gasteiger partial charge in [-0.1, -0.05) is 6.92 Å². The lowest BCUT2D eigenvalue weighted by molar-refractivity contribution is -0.140. The second-order valence-electron chi connectivity index (χ2n) is 4.07. The predicted octanol–water partition coefficient (Wildman–Crippen LogP) is 2.37. The molecule has 4 heteroatoms. The first-order valence-corrected chi connectivity index (χ1v) is 6.09. The highest BCUT2D eigenvalue weighted by Gasteiger charge is 2.36. The average Bonchev–Trinajstić information content (AvgIpc) is 2.80. The van der Waals surface area contributed by atoms with Crippen molar-refractivity contribution in [3.05, 3.63) is 16.1 Å². The molecule has 1 saturated carbocycles. The molecule has 82 valence electrons. The number of hydrogen-bond acceptors (Lipinski definition) is 4. The Balaban J connectivity index is 1.87. The fourth-order valence-electron chi connectivity index (χ4n) is 1.61. The molecule has 1 aliphatic carbocycles. The zero-order valence-electron chi connectivity index (χ0n) is 9.03. The Bertz CT molecular complexity index is 361. The van der Waals surface area contributed by atoms with Crippen molar-refractivity contribution in [3.8, 4) is 0 Å². The summed E-state index contributed by atoms with van der Waals surface area (Å²) in [7, 11) is 1.42. The molecule has 0 aromatic carbocycles. The molecule has 0 bridgehead atoms. The van der Waals surface area contributed by atoms with Gasteiger partial charge in [0, 0.05) is 17.7 Å². The third-order valence-electron chi connectivity index (χ3n) is 2.81. The monoisotopic (exact) mass is 225 g/mol. The zero-order valence-corrected chi connectivity index (χ0v) is 9.84. The first-order chi connectivity index (χ1) is 7.20. The van der Waals surface area contributed by atoms with Crippen molar-refractivity contribution >= 4 is 17.3 Å². The van der Waals surface area contributed by atoms with Crippen LogP contribution < -0.4 is 0 Å². The van der Waals surface area contributed by atoms with E-state index in [2.05, 4.69) is 22.0 Å². The van der Waals surface area contributed by atoms with Gasteiger partial charge in [0.05, 0.1) is 24.2 Å². The lowest BCUT2D eigenvalue weighted by Crippen LogP contribution is -2.02. The molecule has 2 rings (SSSR count). The predicted molar refractivity (Wildman–Crippen MR) is 59.0 cm³/mol. The molecule has 0 N–H and O–H groups in total. The Morgan fingerprint density at radius 2 is 2.47 bits per heavy atom. The highest BCUT2D eigenvalue weighted by atomic mass is 32.1. The van der Waals surface area contributed by atoms with Gasteiger partial charge in [0.1, 0.15) is 0 Å². The summed E-state index contributed by atoms with van der Waals surface area (Å²) in [4.78, 5) is 15.5. The van der Waals surface area contributed by atoms with Gasteiger partial charge < -0.3 is 4.74 Å². The molecule has 0 aliphatic heterocycles. The number of esters is 1. The first-order valence-electron chi connectivity index (χ1n) is 5.22. The molecule has 2 unspecified atom stereocenters. The molecule has 1 aromatic heterocycles. The van der Waals surface area contributed by atoms with Crippen LogP contribution in [0.4, 0.5) is 0 Å². The number of nitrogens with zero attached hydrogens (tertiary/aromatic N) is 1. The van der Waals surface area contributed by atoms with Gasteiger partial charge in [-0.2, -0.15) is 0 Å². The molecule has 0 amide bonds. The SMILES string of the molecule is COC(=O)CCc1csc(C2CC2C)n1. The second kappa shape index (κ2) is 4.31. The third kappa shape index (κ3) is 2.56. The van der Waals surface area contributed by atoms with E-state index >= 15 is 0 Å². The molecule has 1 fully saturated rings. The topological polar surface area (TPSA) is 39.2 Å². The minimum atomic E-state index is -0.163. The largest absolute Gasteiger partial charge is 0.469 e. The van der Waals surface area contributed by atoms with Crippen LogP contribution in [-0.4, -0.2) is 18.1 Å². The second-order valence-corrected chi connectivity index (χ2v) is 4.96. The summed E-state index contributed by atoms with van der Waals surface area (Å²) in [6.07, 6.45) is 2.40. The third-order valence-corrected chi connectivity index (χ3v) is 3.83. The summed E-state index contributed by atoms with van der Waals surface area (Å²) < 4.78 is 4.59. The smallest absolute Gasteiger partial charge is 0.305 e. The number of methoxy groups -OCH3 is 1. The van der Waals surface area contributed by atoms with E-state index in [1.807, 2.05) is 0 Å². The van der Waals surface area contributed by atoms with Crippen LogP contribution in [0.3, 0.4) is 0 Å². The quantitative estimate of drug-likeness (QED) is 0.738. The van der Waals surface area contributed by atoms with E-state index in [-0.39, 0.29) is 5.97 Å². The van der Waals surface area contributed by atoms with Crippen LogP contribution in [0.15, 0.2) is 5.38 Å². The van der Waals surface area contributed by atoms with Gasteiger partial charge in [0.15, 0.2) is 0 Å². The minimum Gasteiger partial charge on any atom is -0.469 e. The number of hydrogen-bond donors (Lipinski definition) is 0. The van der Waals surface area contributed by atoms with Crippen molar-refractivity contribution in [2.75, 3.05) is 7.11 Å². The molecule has 15 heavy (non-hydrogen) atoms. The molecule has 1 aromatic rings. The molecule has 0 radical (unpaired) electrons. The van der Waals surface area contributed by atoms with Gasteiger partial charge in [-0.25, -0.2) is 4.98 Å². The average molecular weight is 225 g/mol. The fourth-order valence-corrected chi connectivity index (χ4v) is 2.71. The van der Waals surface area contributed by atoms with Crippen molar-refractivity contribution < 1.29 is 9.53 Å². The Kier molecular flexibility index (Phi) is 3.05. The van der Waals surface area contributed by atoms with Crippen molar-refractivity contribution in [1.29, 1.82) is 0 Å². The Morgan fingerprint density at radius 1 is 1.73 bits per heavy atom. The van der Waals surface area contributed by atoms with Crippen LogP contribution in [0.25, 0.3) is 0 Å². The molecule has 0 spiro atoms. The van der Waals surface area contributed by atoms with Crippen molar-refractivity contribution in [1.82, 2.24) is 4.98 Å². The standard InChI is InChI=1S/C11H15NO2S/c1-7-5-9(7)11-12-8(6-15-11)3-4-10(13)14-2/h6-7,9H,3-5H2,1-2H3. The summed E-state index contributed by atoms with van der Waals surface area (Å²) in [6.45, 7) is 2.25. The fraction of sp³-hybridized carbons (Fsp3) is 0.636. The van der Waals surface area contributed by atoms with E-state index in [0.29, 0.717) is 18.8 Å². The van der Waals surface area contributed by atoms with Crippen molar-refractivity contribution in [3.63, 3.8) is 0 Å². The highest BCUT2D eigenvalue weighted by molar-refractivity contribution is 7.09. The number of aryl methyl sites for hydroxylation is 1. The number of carbonyl (C=O) groups excluding carboxylic acids is 1. The van der Waals surface area contributed by atoms with Crippen LogP contribution in [-0.2, 0) is 16.0 Å². The molecule has 0 saturated heterocycles. The van der Waals surface area contributed by atoms with Crippen molar-refractivity contribution in [2.45, 2.75) is 32.1 Å². The van der Waals surface area contributed by atoms with E-state index < -0.39 is 0 Å². The van der Waals surface area contributed by atoms with Crippen LogP contribution in [0.2, 0.25) is 0 Å². The maximum absolute atomic E-state index is 10.9. The number of aromatic nitrogens is 1. The summed E-state index contributed by atoms with van der Waals surface area (Å²) in [5.41, 5.74) is 1.03. The van der Waals surface area contributed by atoms with Gasteiger partial charge >= 0.3 is 5.97 Å². The maximum atomic E-state index is 10.9. The lowest BCUT2D eigenvalue weighted by Gasteiger charge is -1.95. The van der Waals surface area contributed by atoms with Crippen LogP contribution in [0.5, 0.6) is 0 Å². The Labute approximate surface area is 93.5 Å². The number of ether oxygens (including phenoxy) is 1. The van der Waals surface area contributed by atoms with E-state index in [4.69, 9.17) is 0 Å². The summed E-state index contributed by atoms with van der Waals surface area (Å²) in [6, 6.07) is 0. The van der Waals surface area contributed by atoms with Gasteiger partial charge in [0.2, 0.25) is 0 Å². The molecule has 1 aliphatic rings. The van der Waals surface area contributed by atoms with Gasteiger partial charge in [-0.05, 0) is 12.3 Å². The number of rotatable bonds is 4. The number of carbonyl (C=O) groups is 1. The minimum absolute atomic E-state index is 0.163. The molecule has 2 atom stereocenters. The zero-order chi connectivity index (χ0) is 10.8. The molecule has 1 heterocycles. The van der Waals surface area contributed by atoms with Gasteiger partial charge in [-0.3, -0.25) is 4.79 Å². The highest BCUT2D eigenvalue weighted by Crippen LogP contribution is 2.47. The van der Waals surface area contributed by atoms with Gasteiger partial charge in [0.25, 0.3) is 0 Å². The van der Waals surface area contributed by atoms with Gasteiger partial charge in [-0.15, -0.1) is 11.3 Å². The summed E-state index contributed by atoms with van der Waals surface area (Å²) >= 11 is 1.72. The van der Waals surface area contributed by atoms with E-state index in [1.165, 1.54) is 18.5 Å². The van der Waals surface area contributed by atoms with E-state index in [0.717, 1.165) is 11.6 Å². The first kappa shape index (κ1) is 10.6. The normalized spacial score (nSPS) is 23.9. The van der Waals surface area contributed by atoms with Crippen LogP contribution in [0.1, 0.15) is 36.4 Å². The molecule has 3 nitrogen and oxygen atoms in total. The lowest BCUT2D eigenvalue weighted by atomic mass is 10.2. The van der Waals surface area contributed by atoms with Crippen LogP contribution >= 0.6 is 11.3 Å². The Morgan fingerprint density at radius 3 is 3.07 bits per heavy atom. The molecular formula is C11H15NO2S. The Hall–Kier alpha value is -0.900. The van der Waals surface area contributed by atoms with E-state index in [9.17, 15) is 4.79 Å². The molecular weight excluding hydrogens is 210 g/mol. The van der Waals surface area contributed by atoms with Crippen molar-refractivity contribution in [2.24, 2.45) is 5.92 Å². The summed E-state index contributed by atoms with van der Waals surface area (Å²) in [5, 5.41) is 3.30. The summed E-state index contributed by atoms with van der Waals surface area (Å²) in [5.74, 6) is 1.32. The van der Waals surface area contributed by atoms with E-state index in [1.54, 1.807) is 11.3 Å². The number of thiazole rings is 1. The van der Waals surface area contributed by atoms with Crippen LogP contribution in [0, 0.1) is 5.92 Å². The maximum Gasteiger partial charge on any atom is 0.305 e.